The molecule has 2 unspecified atom stereocenters. The molecule has 0 radical (unpaired) electrons. The van der Waals surface area contributed by atoms with Gasteiger partial charge < -0.3 is 10.2 Å². The zero-order valence-electron chi connectivity index (χ0n) is 16.5. The molecule has 0 heterocycles. The molecule has 0 bridgehead atoms. The molecule has 0 aromatic heterocycles. The van der Waals surface area contributed by atoms with Crippen molar-refractivity contribution in [1.29, 1.82) is 0 Å². The molecule has 2 N–H and O–H groups in total. The number of carbonyl (C=O) groups excluding carboxylic acids is 1. The summed E-state index contributed by atoms with van der Waals surface area (Å²) in [6.45, 7) is 7.71. The van der Waals surface area contributed by atoms with Gasteiger partial charge in [-0.2, -0.15) is 0 Å². The molecule has 4 aliphatic rings. The summed E-state index contributed by atoms with van der Waals surface area (Å²) in [5.41, 5.74) is -0.663. The van der Waals surface area contributed by atoms with Crippen molar-refractivity contribution in [2.45, 2.75) is 84.1 Å². The Balaban J connectivity index is 1.77. The minimum Gasteiger partial charge on any atom is -0.393 e. The van der Waals surface area contributed by atoms with Crippen molar-refractivity contribution < 1.29 is 19.4 Å². The topological polar surface area (TPSA) is 57.5 Å². The molecule has 146 valence electrons. The maximum Gasteiger partial charge on any atom is 0.162 e. The monoisotopic (exact) mass is 364 g/mol. The maximum absolute atomic E-state index is 15.3. The van der Waals surface area contributed by atoms with Crippen molar-refractivity contribution in [2.24, 2.45) is 34.5 Å². The maximum atomic E-state index is 15.3. The van der Waals surface area contributed by atoms with Gasteiger partial charge >= 0.3 is 0 Å². The Kier molecular flexibility index (Phi) is 4.03. The van der Waals surface area contributed by atoms with Crippen LogP contribution in [0.25, 0.3) is 0 Å². The average molecular weight is 365 g/mol. The number of aliphatic hydroxyl groups is 2. The molecular weight excluding hydrogens is 331 g/mol. The van der Waals surface area contributed by atoms with Gasteiger partial charge in [0.15, 0.2) is 5.78 Å². The van der Waals surface area contributed by atoms with Crippen LogP contribution in [0.5, 0.6) is 0 Å². The van der Waals surface area contributed by atoms with Crippen molar-refractivity contribution in [3.63, 3.8) is 0 Å². The van der Waals surface area contributed by atoms with Crippen LogP contribution in [0.4, 0.5) is 4.39 Å². The number of fused-ring (bicyclic) bond motifs is 5. The lowest BCUT2D eigenvalue weighted by atomic mass is 9.47. The highest BCUT2D eigenvalue weighted by Gasteiger charge is 2.67. The number of rotatable bonds is 1. The first-order valence-electron chi connectivity index (χ1n) is 10.3. The van der Waals surface area contributed by atoms with Crippen LogP contribution in [0, 0.1) is 34.5 Å². The number of aliphatic hydroxyl groups excluding tert-OH is 1. The normalized spacial score (nSPS) is 56.2. The molecule has 4 heteroatoms. The molecule has 4 aliphatic carbocycles. The highest BCUT2D eigenvalue weighted by Crippen LogP contribution is 2.67. The van der Waals surface area contributed by atoms with Crippen molar-refractivity contribution in [3.05, 3.63) is 11.6 Å². The first-order valence-corrected chi connectivity index (χ1v) is 10.3. The summed E-state index contributed by atoms with van der Waals surface area (Å²) in [5, 5.41) is 21.4. The molecule has 0 aromatic rings. The number of alkyl halides is 1. The third-order valence-corrected chi connectivity index (χ3v) is 9.09. The van der Waals surface area contributed by atoms with Crippen LogP contribution in [0.2, 0.25) is 0 Å². The van der Waals surface area contributed by atoms with Gasteiger partial charge in [0.05, 0.1) is 6.10 Å². The highest BCUT2D eigenvalue weighted by molar-refractivity contribution is 5.86. The van der Waals surface area contributed by atoms with E-state index in [0.29, 0.717) is 19.3 Å². The summed E-state index contributed by atoms with van der Waals surface area (Å²) in [6, 6.07) is 0. The fraction of sp³-hybridized carbons (Fsp3) is 0.864. The molecule has 0 spiro atoms. The number of ketones is 1. The number of hydrogen-bond donors (Lipinski definition) is 2. The van der Waals surface area contributed by atoms with Crippen LogP contribution >= 0.6 is 0 Å². The lowest BCUT2D eigenvalue weighted by molar-refractivity contribution is -0.157. The van der Waals surface area contributed by atoms with Crippen molar-refractivity contribution >= 4 is 5.78 Å². The van der Waals surface area contributed by atoms with E-state index in [1.165, 1.54) is 12.5 Å². The van der Waals surface area contributed by atoms with E-state index in [1.807, 2.05) is 13.8 Å². The summed E-state index contributed by atoms with van der Waals surface area (Å²) < 4.78 is 15.3. The predicted molar refractivity (Wildman–Crippen MR) is 98.2 cm³/mol. The Morgan fingerprint density at radius 3 is 2.58 bits per heavy atom. The van der Waals surface area contributed by atoms with Crippen molar-refractivity contribution in [1.82, 2.24) is 0 Å². The minimum atomic E-state index is -1.31. The molecular formula is C22H33FO3. The van der Waals surface area contributed by atoms with Gasteiger partial charge in [-0.25, -0.2) is 4.39 Å². The fourth-order valence-corrected chi connectivity index (χ4v) is 7.59. The first-order chi connectivity index (χ1) is 12.1. The van der Waals surface area contributed by atoms with Crippen molar-refractivity contribution in [3.8, 4) is 0 Å². The molecule has 0 aromatic carbocycles. The second-order valence-electron chi connectivity index (χ2n) is 10.2. The van der Waals surface area contributed by atoms with E-state index in [2.05, 4.69) is 13.0 Å². The van der Waals surface area contributed by atoms with Gasteiger partial charge in [-0.3, -0.25) is 4.79 Å². The quantitative estimate of drug-likeness (QED) is 0.696. The predicted octanol–water partition coefficient (Wildman–Crippen LogP) is 3.82. The second-order valence-corrected chi connectivity index (χ2v) is 10.2. The highest BCUT2D eigenvalue weighted by atomic mass is 19.1. The first kappa shape index (κ1) is 18.6. The third kappa shape index (κ3) is 2.09. The number of halogens is 1. The summed E-state index contributed by atoms with van der Waals surface area (Å²) in [7, 11) is 0. The molecule has 3 nitrogen and oxygen atoms in total. The summed E-state index contributed by atoms with van der Waals surface area (Å²) >= 11 is 0. The molecule has 3 saturated carbocycles. The summed E-state index contributed by atoms with van der Waals surface area (Å²) in [5.74, 6) is -0.0992. The lowest BCUT2D eigenvalue weighted by Crippen LogP contribution is -2.57. The molecule has 0 aliphatic heterocycles. The van der Waals surface area contributed by atoms with Gasteiger partial charge in [-0.15, -0.1) is 0 Å². The fourth-order valence-electron chi connectivity index (χ4n) is 7.59. The number of hydrogen-bond acceptors (Lipinski definition) is 3. The molecule has 0 saturated heterocycles. The number of Topliss-reactive ketones (excluding diaryl/α,β-unsaturated/α-hetero) is 1. The van der Waals surface area contributed by atoms with Gasteiger partial charge in [0.25, 0.3) is 0 Å². The molecule has 4 rings (SSSR count). The number of allylic oxidation sites excluding steroid dienone is 2. The second kappa shape index (κ2) is 5.64. The van der Waals surface area contributed by atoms with Gasteiger partial charge in [0.1, 0.15) is 11.8 Å². The van der Waals surface area contributed by atoms with Gasteiger partial charge in [0.2, 0.25) is 0 Å². The van der Waals surface area contributed by atoms with E-state index in [1.54, 1.807) is 0 Å². The SMILES string of the molecule is CC(=O)[C@@]1(O)[C@@H](C)CC2C3C[C@H](F)[C@H]4C[C@@H](O)CC[C@]4(C)C3=CC[C@@]21C. The van der Waals surface area contributed by atoms with Crippen LogP contribution in [0.1, 0.15) is 66.2 Å². The average Bonchev–Trinajstić information content (AvgIpc) is 2.78. The smallest absolute Gasteiger partial charge is 0.162 e. The van der Waals surface area contributed by atoms with Crippen LogP contribution in [0.3, 0.4) is 0 Å². The molecule has 26 heavy (non-hydrogen) atoms. The van der Waals surface area contributed by atoms with E-state index in [-0.39, 0.29) is 41.0 Å². The Morgan fingerprint density at radius 2 is 1.92 bits per heavy atom. The Hall–Kier alpha value is -0.740. The van der Waals surface area contributed by atoms with E-state index in [0.717, 1.165) is 19.3 Å². The van der Waals surface area contributed by atoms with Gasteiger partial charge in [-0.1, -0.05) is 32.4 Å². The Bertz CT molecular complexity index is 660. The zero-order valence-corrected chi connectivity index (χ0v) is 16.5. The minimum absolute atomic E-state index is 0.0977. The largest absolute Gasteiger partial charge is 0.393 e. The van der Waals surface area contributed by atoms with E-state index < -0.39 is 17.2 Å². The Labute approximate surface area is 156 Å². The Morgan fingerprint density at radius 1 is 1.23 bits per heavy atom. The standard InChI is InChI=1S/C22H33FO3/c1-12-9-17-15-11-19(23)18-10-14(25)5-7-20(18,3)16(15)6-8-21(17,4)22(12,26)13(2)24/h6,12,14-15,17-19,25-26H,5,7-11H2,1-4H3/t12-,14-,15?,17?,18+,19-,20+,21-,22-/m0/s1. The molecule has 0 amide bonds. The van der Waals surface area contributed by atoms with E-state index in [9.17, 15) is 15.0 Å². The van der Waals surface area contributed by atoms with Gasteiger partial charge in [-0.05, 0) is 68.6 Å². The molecule has 3 fully saturated rings. The zero-order chi connectivity index (χ0) is 19.1. The van der Waals surface area contributed by atoms with Crippen molar-refractivity contribution in [2.75, 3.05) is 0 Å². The van der Waals surface area contributed by atoms with Crippen LogP contribution in [0.15, 0.2) is 11.6 Å². The van der Waals surface area contributed by atoms with Crippen LogP contribution in [-0.4, -0.2) is 33.9 Å². The lowest BCUT2D eigenvalue weighted by Gasteiger charge is -2.58. The summed E-state index contributed by atoms with van der Waals surface area (Å²) in [6.07, 6.45) is 5.00. The third-order valence-electron chi connectivity index (χ3n) is 9.09. The van der Waals surface area contributed by atoms with Crippen LogP contribution in [-0.2, 0) is 4.79 Å². The van der Waals surface area contributed by atoms with E-state index >= 15 is 4.39 Å². The molecule has 9 atom stereocenters. The van der Waals surface area contributed by atoms with Crippen LogP contribution < -0.4 is 0 Å². The van der Waals surface area contributed by atoms with E-state index in [4.69, 9.17) is 0 Å². The number of carbonyl (C=O) groups is 1. The summed E-state index contributed by atoms with van der Waals surface area (Å²) in [4.78, 5) is 12.4. The van der Waals surface area contributed by atoms with Gasteiger partial charge in [0, 0.05) is 11.3 Å².